The molecule has 0 spiro atoms. The summed E-state index contributed by atoms with van der Waals surface area (Å²) in [6, 6.07) is 17.4. The van der Waals surface area contributed by atoms with Gasteiger partial charge in [0.15, 0.2) is 15.6 Å². The second kappa shape index (κ2) is 9.54. The largest absolute Gasteiger partial charge is 0.459 e. The van der Waals surface area contributed by atoms with Crippen LogP contribution in [-0.4, -0.2) is 20.9 Å². The molecule has 0 aliphatic heterocycles. The van der Waals surface area contributed by atoms with E-state index < -0.39 is 15.7 Å². The summed E-state index contributed by atoms with van der Waals surface area (Å²) in [6.45, 7) is 3.45. The number of furan rings is 1. The molecule has 7 heteroatoms. The maximum Gasteiger partial charge on any atom is 0.287 e. The van der Waals surface area contributed by atoms with E-state index in [1.807, 2.05) is 31.2 Å². The third-order valence-electron chi connectivity index (χ3n) is 4.35. The van der Waals surface area contributed by atoms with Gasteiger partial charge in [0.2, 0.25) is 0 Å². The molecule has 1 heterocycles. The number of hydrogen-bond donors (Lipinski definition) is 1. The average molecular weight is 413 g/mol. The quantitative estimate of drug-likeness (QED) is 0.578. The maximum atomic E-state index is 12.6. The summed E-state index contributed by atoms with van der Waals surface area (Å²) >= 11 is 0. The Kier molecular flexibility index (Phi) is 6.85. The van der Waals surface area contributed by atoms with Crippen molar-refractivity contribution >= 4 is 15.7 Å². The monoisotopic (exact) mass is 413 g/mol. The Labute approximate surface area is 170 Å². The van der Waals surface area contributed by atoms with Crippen LogP contribution in [0.25, 0.3) is 0 Å². The zero-order valence-electron chi connectivity index (χ0n) is 16.1. The summed E-state index contributed by atoms with van der Waals surface area (Å²) in [7, 11) is -3.57. The number of hydrogen-bond acceptors (Lipinski definition) is 5. The molecular weight excluding hydrogens is 390 g/mol. The van der Waals surface area contributed by atoms with Crippen molar-refractivity contribution in [3.8, 4) is 0 Å². The highest BCUT2D eigenvalue weighted by atomic mass is 32.2. The second-order valence-corrected chi connectivity index (χ2v) is 8.47. The van der Waals surface area contributed by atoms with Gasteiger partial charge in [-0.3, -0.25) is 4.79 Å². The molecule has 2 aromatic carbocycles. The van der Waals surface area contributed by atoms with Gasteiger partial charge in [0.05, 0.1) is 23.5 Å². The van der Waals surface area contributed by atoms with Crippen molar-refractivity contribution in [3.05, 3.63) is 89.4 Å². The van der Waals surface area contributed by atoms with Crippen LogP contribution in [0, 0.1) is 0 Å². The van der Waals surface area contributed by atoms with Crippen LogP contribution >= 0.6 is 0 Å². The van der Waals surface area contributed by atoms with Crippen molar-refractivity contribution in [3.63, 3.8) is 0 Å². The normalized spacial score (nSPS) is 11.3. The van der Waals surface area contributed by atoms with Crippen molar-refractivity contribution in [2.24, 2.45) is 0 Å². The van der Waals surface area contributed by atoms with Gasteiger partial charge in [-0.05, 0) is 36.2 Å². The third kappa shape index (κ3) is 5.56. The Morgan fingerprint density at radius 1 is 1.00 bits per heavy atom. The molecule has 0 fully saturated rings. The maximum absolute atomic E-state index is 12.6. The van der Waals surface area contributed by atoms with Gasteiger partial charge in [-0.2, -0.15) is 0 Å². The van der Waals surface area contributed by atoms with Gasteiger partial charge in [0.25, 0.3) is 5.91 Å². The van der Waals surface area contributed by atoms with Crippen LogP contribution in [0.5, 0.6) is 0 Å². The van der Waals surface area contributed by atoms with Crippen molar-refractivity contribution in [2.75, 3.05) is 6.61 Å². The minimum atomic E-state index is -3.57. The summed E-state index contributed by atoms with van der Waals surface area (Å²) in [6.07, 6.45) is 1.33. The first kappa shape index (κ1) is 20.8. The highest BCUT2D eigenvalue weighted by molar-refractivity contribution is 7.90. The first-order valence-corrected chi connectivity index (χ1v) is 10.9. The predicted octanol–water partition coefficient (Wildman–Crippen LogP) is 3.72. The Hall–Kier alpha value is -2.90. The summed E-state index contributed by atoms with van der Waals surface area (Å²) in [5.41, 5.74) is 2.31. The fraction of sp³-hybridized carbons (Fsp3) is 0.227. The first-order chi connectivity index (χ1) is 14.0. The molecule has 6 nitrogen and oxygen atoms in total. The smallest absolute Gasteiger partial charge is 0.287 e. The van der Waals surface area contributed by atoms with Crippen LogP contribution < -0.4 is 5.32 Å². The Balaban J connectivity index is 1.63. The molecule has 1 aromatic heterocycles. The molecular formula is C22H23NO5S. The Bertz CT molecular complexity index is 1040. The van der Waals surface area contributed by atoms with E-state index in [1.54, 1.807) is 18.2 Å². The fourth-order valence-electron chi connectivity index (χ4n) is 2.80. The van der Waals surface area contributed by atoms with Crippen molar-refractivity contribution in [1.82, 2.24) is 5.32 Å². The molecule has 29 heavy (non-hydrogen) atoms. The van der Waals surface area contributed by atoms with Gasteiger partial charge in [0.1, 0.15) is 0 Å². The van der Waals surface area contributed by atoms with Crippen LogP contribution in [0.4, 0.5) is 0 Å². The fourth-order valence-corrected chi connectivity index (χ4v) is 4.18. The molecule has 0 aliphatic rings. The molecule has 0 bridgehead atoms. The second-order valence-electron chi connectivity index (χ2n) is 6.48. The molecule has 0 saturated carbocycles. The van der Waals surface area contributed by atoms with Gasteiger partial charge in [0, 0.05) is 18.7 Å². The van der Waals surface area contributed by atoms with E-state index in [1.165, 1.54) is 24.5 Å². The molecule has 0 saturated heterocycles. The van der Waals surface area contributed by atoms with Crippen LogP contribution in [0.1, 0.15) is 34.2 Å². The number of carbonyl (C=O) groups excluding carboxylic acids is 1. The van der Waals surface area contributed by atoms with Gasteiger partial charge in [-0.15, -0.1) is 0 Å². The van der Waals surface area contributed by atoms with Gasteiger partial charge >= 0.3 is 0 Å². The average Bonchev–Trinajstić information content (AvgIpc) is 3.19. The summed E-state index contributed by atoms with van der Waals surface area (Å²) < 4.78 is 35.8. The lowest BCUT2D eigenvalue weighted by Crippen LogP contribution is -2.23. The van der Waals surface area contributed by atoms with Crippen molar-refractivity contribution < 1.29 is 22.4 Å². The minimum Gasteiger partial charge on any atom is -0.459 e. The van der Waals surface area contributed by atoms with Gasteiger partial charge in [-0.25, -0.2) is 8.42 Å². The minimum absolute atomic E-state index is 0.0115. The van der Waals surface area contributed by atoms with Gasteiger partial charge in [-0.1, -0.05) is 42.5 Å². The van der Waals surface area contributed by atoms with E-state index in [2.05, 4.69) is 5.32 Å². The molecule has 3 rings (SSSR count). The molecule has 1 N–H and O–H groups in total. The highest BCUT2D eigenvalue weighted by Crippen LogP contribution is 2.20. The predicted molar refractivity (Wildman–Crippen MR) is 109 cm³/mol. The van der Waals surface area contributed by atoms with E-state index in [-0.39, 0.29) is 16.4 Å². The van der Waals surface area contributed by atoms with E-state index in [4.69, 9.17) is 9.15 Å². The Morgan fingerprint density at radius 3 is 2.38 bits per heavy atom. The number of amides is 1. The van der Waals surface area contributed by atoms with Crippen LogP contribution in [0.2, 0.25) is 0 Å². The number of benzene rings is 2. The lowest BCUT2D eigenvalue weighted by atomic mass is 10.1. The van der Waals surface area contributed by atoms with Crippen LogP contribution in [0.3, 0.4) is 0 Å². The zero-order valence-corrected chi connectivity index (χ0v) is 16.9. The number of carbonyl (C=O) groups is 1. The van der Waals surface area contributed by atoms with E-state index in [0.29, 0.717) is 25.3 Å². The van der Waals surface area contributed by atoms with E-state index in [9.17, 15) is 13.2 Å². The molecule has 1 amide bonds. The number of sulfone groups is 1. The molecule has 0 aliphatic carbocycles. The lowest BCUT2D eigenvalue weighted by molar-refractivity contribution is 0.0922. The Morgan fingerprint density at radius 2 is 1.69 bits per heavy atom. The van der Waals surface area contributed by atoms with E-state index >= 15 is 0 Å². The summed E-state index contributed by atoms with van der Waals surface area (Å²) in [4.78, 5) is 12.7. The third-order valence-corrected chi connectivity index (χ3v) is 6.03. The SMILES string of the molecule is CCOCc1ccc(CNC(=O)c2occc2CS(=O)(=O)c2ccccc2)cc1. The topological polar surface area (TPSA) is 85.6 Å². The molecule has 0 unspecified atom stereocenters. The van der Waals surface area contributed by atoms with Crippen molar-refractivity contribution in [2.45, 2.75) is 30.7 Å². The van der Waals surface area contributed by atoms with E-state index in [0.717, 1.165) is 11.1 Å². The first-order valence-electron chi connectivity index (χ1n) is 9.27. The van der Waals surface area contributed by atoms with Gasteiger partial charge < -0.3 is 14.5 Å². The summed E-state index contributed by atoms with van der Waals surface area (Å²) in [5.74, 6) is -0.744. The highest BCUT2D eigenvalue weighted by Gasteiger charge is 2.22. The lowest BCUT2D eigenvalue weighted by Gasteiger charge is -2.08. The zero-order chi connectivity index (χ0) is 20.7. The molecule has 0 radical (unpaired) electrons. The molecule has 0 atom stereocenters. The van der Waals surface area contributed by atoms with Crippen LogP contribution in [0.15, 0.2) is 76.2 Å². The number of ether oxygens (including phenoxy) is 1. The summed E-state index contributed by atoms with van der Waals surface area (Å²) in [5, 5.41) is 2.77. The van der Waals surface area contributed by atoms with Crippen LogP contribution in [-0.2, 0) is 33.5 Å². The number of nitrogens with one attached hydrogen (secondary N) is 1. The molecule has 152 valence electrons. The standard InChI is InChI=1S/C22H23NO5S/c1-2-27-15-18-10-8-17(9-11-18)14-23-22(24)21-19(12-13-28-21)16-29(25,26)20-6-4-3-5-7-20/h3-13H,2,14-16H2,1H3,(H,23,24). The number of rotatable bonds is 9. The van der Waals surface area contributed by atoms with Crippen molar-refractivity contribution in [1.29, 1.82) is 0 Å². The molecule has 3 aromatic rings.